The summed E-state index contributed by atoms with van der Waals surface area (Å²) in [6, 6.07) is 11.0. The highest BCUT2D eigenvalue weighted by Crippen LogP contribution is 2.22. The van der Waals surface area contributed by atoms with E-state index >= 15 is 0 Å². The molecule has 0 bridgehead atoms. The molecule has 4 heteroatoms. The zero-order chi connectivity index (χ0) is 14.7. The molecule has 0 aromatic heterocycles. The van der Waals surface area contributed by atoms with Gasteiger partial charge in [0.1, 0.15) is 5.82 Å². The summed E-state index contributed by atoms with van der Waals surface area (Å²) in [6.45, 7) is 4.30. The first-order valence-corrected chi connectivity index (χ1v) is 6.99. The average molecular weight is 333 g/mol. The van der Waals surface area contributed by atoms with Gasteiger partial charge in [0.25, 0.3) is 0 Å². The first-order chi connectivity index (χ1) is 9.51. The Kier molecular flexibility index (Phi) is 4.41. The molecule has 0 heterocycles. The maximum absolute atomic E-state index is 13.7. The van der Waals surface area contributed by atoms with Crippen LogP contribution >= 0.6 is 15.9 Å². The molecule has 0 radical (unpaired) electrons. The second kappa shape index (κ2) is 6.06. The van der Waals surface area contributed by atoms with Gasteiger partial charge in [-0.2, -0.15) is 5.26 Å². The molecule has 0 saturated carbocycles. The number of rotatable bonds is 3. The lowest BCUT2D eigenvalue weighted by Gasteiger charge is -2.11. The highest BCUT2D eigenvalue weighted by molar-refractivity contribution is 9.10. The highest BCUT2D eigenvalue weighted by atomic mass is 79.9. The van der Waals surface area contributed by atoms with Gasteiger partial charge in [0.2, 0.25) is 0 Å². The number of nitriles is 1. The molecule has 0 fully saturated rings. The van der Waals surface area contributed by atoms with Crippen molar-refractivity contribution in [2.24, 2.45) is 0 Å². The molecule has 0 aliphatic heterocycles. The molecule has 0 aliphatic rings. The van der Waals surface area contributed by atoms with Crippen LogP contribution in [0.5, 0.6) is 0 Å². The van der Waals surface area contributed by atoms with Gasteiger partial charge in [-0.3, -0.25) is 0 Å². The third-order valence-corrected chi connectivity index (χ3v) is 4.05. The van der Waals surface area contributed by atoms with E-state index in [4.69, 9.17) is 5.26 Å². The topological polar surface area (TPSA) is 35.8 Å². The van der Waals surface area contributed by atoms with E-state index in [-0.39, 0.29) is 5.82 Å². The Morgan fingerprint density at radius 2 is 2.00 bits per heavy atom. The Labute approximate surface area is 126 Å². The van der Waals surface area contributed by atoms with E-state index in [1.807, 2.05) is 31.2 Å². The molecule has 2 nitrogen and oxygen atoms in total. The number of hydrogen-bond acceptors (Lipinski definition) is 2. The van der Waals surface area contributed by atoms with Gasteiger partial charge in [-0.05, 0) is 43.2 Å². The number of nitrogens with one attached hydrogen (secondary N) is 1. The maximum Gasteiger partial charge on any atom is 0.129 e. The van der Waals surface area contributed by atoms with Crippen molar-refractivity contribution in [2.45, 2.75) is 20.4 Å². The van der Waals surface area contributed by atoms with Crippen LogP contribution in [-0.2, 0) is 6.54 Å². The number of nitrogens with zero attached hydrogens (tertiary/aromatic N) is 1. The molecule has 1 N–H and O–H groups in total. The van der Waals surface area contributed by atoms with Crippen LogP contribution in [0.1, 0.15) is 22.3 Å². The van der Waals surface area contributed by atoms with E-state index in [1.165, 1.54) is 11.6 Å². The molecule has 2 aromatic carbocycles. The van der Waals surface area contributed by atoms with Crippen LogP contribution in [0.3, 0.4) is 0 Å². The van der Waals surface area contributed by atoms with Gasteiger partial charge in [-0.15, -0.1) is 0 Å². The SMILES string of the molecule is Cc1ccc(CNc2cc(C#N)cc(F)c2C)cc1Br. The summed E-state index contributed by atoms with van der Waals surface area (Å²) in [5.41, 5.74) is 3.75. The summed E-state index contributed by atoms with van der Waals surface area (Å²) in [7, 11) is 0. The fraction of sp³-hybridized carbons (Fsp3) is 0.188. The minimum absolute atomic E-state index is 0.320. The van der Waals surface area contributed by atoms with Crippen LogP contribution in [0.2, 0.25) is 0 Å². The zero-order valence-electron chi connectivity index (χ0n) is 11.3. The van der Waals surface area contributed by atoms with Crippen LogP contribution < -0.4 is 5.32 Å². The Hall–Kier alpha value is -1.86. The van der Waals surface area contributed by atoms with E-state index < -0.39 is 0 Å². The van der Waals surface area contributed by atoms with Gasteiger partial charge >= 0.3 is 0 Å². The van der Waals surface area contributed by atoms with Gasteiger partial charge in [0.05, 0.1) is 11.6 Å². The van der Waals surface area contributed by atoms with Crippen molar-refractivity contribution in [1.29, 1.82) is 5.26 Å². The number of anilines is 1. The highest BCUT2D eigenvalue weighted by Gasteiger charge is 2.07. The smallest absolute Gasteiger partial charge is 0.129 e. The molecule has 0 atom stereocenters. The average Bonchev–Trinajstić information content (AvgIpc) is 2.44. The second-order valence-electron chi connectivity index (χ2n) is 4.68. The number of aryl methyl sites for hydroxylation is 1. The molecule has 2 rings (SSSR count). The fourth-order valence-corrected chi connectivity index (χ4v) is 2.30. The van der Waals surface area contributed by atoms with E-state index in [9.17, 15) is 4.39 Å². The predicted octanol–water partition coefficient (Wildman–Crippen LogP) is 4.69. The van der Waals surface area contributed by atoms with Gasteiger partial charge < -0.3 is 5.32 Å². The third-order valence-electron chi connectivity index (χ3n) is 3.19. The number of hydrogen-bond donors (Lipinski definition) is 1. The Morgan fingerprint density at radius 3 is 2.65 bits per heavy atom. The first-order valence-electron chi connectivity index (χ1n) is 6.20. The molecule has 2 aromatic rings. The van der Waals surface area contributed by atoms with Crippen LogP contribution in [-0.4, -0.2) is 0 Å². The lowest BCUT2D eigenvalue weighted by atomic mass is 10.1. The van der Waals surface area contributed by atoms with Crippen molar-refractivity contribution in [3.63, 3.8) is 0 Å². The van der Waals surface area contributed by atoms with Crippen molar-refractivity contribution in [3.8, 4) is 6.07 Å². The molecule has 0 aliphatic carbocycles. The van der Waals surface area contributed by atoms with Crippen LogP contribution in [0.25, 0.3) is 0 Å². The van der Waals surface area contributed by atoms with Crippen molar-refractivity contribution in [3.05, 3.63) is 62.9 Å². The van der Waals surface area contributed by atoms with Gasteiger partial charge in [-0.25, -0.2) is 4.39 Å². The predicted molar refractivity (Wildman–Crippen MR) is 82.1 cm³/mol. The zero-order valence-corrected chi connectivity index (χ0v) is 12.9. The van der Waals surface area contributed by atoms with Crippen molar-refractivity contribution < 1.29 is 4.39 Å². The fourth-order valence-electron chi connectivity index (χ4n) is 1.87. The van der Waals surface area contributed by atoms with Gasteiger partial charge in [0.15, 0.2) is 0 Å². The Bertz CT molecular complexity index is 690. The van der Waals surface area contributed by atoms with Crippen molar-refractivity contribution in [2.75, 3.05) is 5.32 Å². The molecular weight excluding hydrogens is 319 g/mol. The molecule has 102 valence electrons. The van der Waals surface area contributed by atoms with Gasteiger partial charge in [0, 0.05) is 22.3 Å². The van der Waals surface area contributed by atoms with Crippen molar-refractivity contribution in [1.82, 2.24) is 0 Å². The Balaban J connectivity index is 2.20. The summed E-state index contributed by atoms with van der Waals surface area (Å²) in [4.78, 5) is 0. The molecular formula is C16H14BrFN2. The summed E-state index contributed by atoms with van der Waals surface area (Å²) in [5, 5.41) is 12.1. The summed E-state index contributed by atoms with van der Waals surface area (Å²) >= 11 is 3.49. The van der Waals surface area contributed by atoms with E-state index in [0.717, 1.165) is 10.0 Å². The molecule has 0 unspecified atom stereocenters. The lowest BCUT2D eigenvalue weighted by Crippen LogP contribution is -2.03. The summed E-state index contributed by atoms with van der Waals surface area (Å²) in [6.07, 6.45) is 0. The Morgan fingerprint density at radius 1 is 1.25 bits per heavy atom. The molecule has 0 spiro atoms. The maximum atomic E-state index is 13.7. The normalized spacial score (nSPS) is 10.2. The van der Waals surface area contributed by atoms with Crippen molar-refractivity contribution >= 4 is 21.6 Å². The molecule has 0 amide bonds. The quantitative estimate of drug-likeness (QED) is 0.885. The first kappa shape index (κ1) is 14.5. The lowest BCUT2D eigenvalue weighted by molar-refractivity contribution is 0.618. The monoisotopic (exact) mass is 332 g/mol. The summed E-state index contributed by atoms with van der Waals surface area (Å²) in [5.74, 6) is -0.364. The van der Waals surface area contributed by atoms with E-state index in [1.54, 1.807) is 13.0 Å². The van der Waals surface area contributed by atoms with E-state index in [2.05, 4.69) is 21.2 Å². The van der Waals surface area contributed by atoms with Crippen LogP contribution in [0, 0.1) is 31.0 Å². The van der Waals surface area contributed by atoms with Gasteiger partial charge in [-0.1, -0.05) is 28.1 Å². The van der Waals surface area contributed by atoms with E-state index in [0.29, 0.717) is 23.4 Å². The minimum Gasteiger partial charge on any atom is -0.381 e. The standard InChI is InChI=1S/C16H14BrFN2/c1-10-3-4-12(5-14(10)17)9-20-16-7-13(8-19)6-15(18)11(16)2/h3-7,20H,9H2,1-2H3. The number of benzene rings is 2. The second-order valence-corrected chi connectivity index (χ2v) is 5.53. The largest absolute Gasteiger partial charge is 0.381 e. The third kappa shape index (κ3) is 3.17. The van der Waals surface area contributed by atoms with Crippen LogP contribution in [0.15, 0.2) is 34.8 Å². The minimum atomic E-state index is -0.364. The molecule has 20 heavy (non-hydrogen) atoms. The van der Waals surface area contributed by atoms with Crippen LogP contribution in [0.4, 0.5) is 10.1 Å². The number of halogens is 2. The summed E-state index contributed by atoms with van der Waals surface area (Å²) < 4.78 is 14.7. The molecule has 0 saturated heterocycles.